The quantitative estimate of drug-likeness (QED) is 0.591. The number of hydrogen-bond acceptors (Lipinski definition) is 6. The normalized spacial score (nSPS) is 12.2. The Labute approximate surface area is 161 Å². The first-order valence-electron chi connectivity index (χ1n) is 8.94. The number of pyridine rings is 3. The van der Waals surface area contributed by atoms with E-state index < -0.39 is 6.10 Å². The fourth-order valence-electron chi connectivity index (χ4n) is 3.05. The summed E-state index contributed by atoms with van der Waals surface area (Å²) in [5, 5.41) is 10.1. The zero-order valence-electron chi connectivity index (χ0n) is 15.6. The van der Waals surface area contributed by atoms with Gasteiger partial charge in [0.1, 0.15) is 5.52 Å². The van der Waals surface area contributed by atoms with Gasteiger partial charge in [0.05, 0.1) is 35.8 Å². The highest BCUT2D eigenvalue weighted by atomic mass is 16.3. The highest BCUT2D eigenvalue weighted by Gasteiger charge is 2.15. The maximum Gasteiger partial charge on any atom is 0.261 e. The van der Waals surface area contributed by atoms with Crippen LogP contribution in [0.25, 0.3) is 33.4 Å². The van der Waals surface area contributed by atoms with Crippen LogP contribution in [0.1, 0.15) is 12.6 Å². The van der Waals surface area contributed by atoms with Gasteiger partial charge in [-0.15, -0.1) is 0 Å². The molecule has 4 aromatic rings. The van der Waals surface area contributed by atoms with Gasteiger partial charge in [-0.3, -0.25) is 19.3 Å². The van der Waals surface area contributed by atoms with Crippen molar-refractivity contribution in [2.24, 2.45) is 0 Å². The highest BCUT2D eigenvalue weighted by Crippen LogP contribution is 2.28. The minimum absolute atomic E-state index is 0.174. The van der Waals surface area contributed by atoms with Gasteiger partial charge in [0.25, 0.3) is 5.56 Å². The van der Waals surface area contributed by atoms with Gasteiger partial charge in [0, 0.05) is 35.4 Å². The lowest BCUT2D eigenvalue weighted by Gasteiger charge is -2.12. The second-order valence-corrected chi connectivity index (χ2v) is 6.73. The van der Waals surface area contributed by atoms with E-state index in [0.29, 0.717) is 22.3 Å². The summed E-state index contributed by atoms with van der Waals surface area (Å²) in [6.07, 6.45) is 5.91. The van der Waals surface area contributed by atoms with Crippen molar-refractivity contribution in [1.29, 1.82) is 0 Å². The van der Waals surface area contributed by atoms with Gasteiger partial charge in [0.2, 0.25) is 0 Å². The van der Waals surface area contributed by atoms with Crippen molar-refractivity contribution in [2.45, 2.75) is 26.5 Å². The van der Waals surface area contributed by atoms with E-state index in [1.54, 1.807) is 31.6 Å². The minimum Gasteiger partial charge on any atom is -0.392 e. The summed E-state index contributed by atoms with van der Waals surface area (Å²) in [7, 11) is 0. The molecule has 0 aliphatic rings. The van der Waals surface area contributed by atoms with Crippen LogP contribution in [0.4, 0.5) is 0 Å². The number of hydrogen-bond donors (Lipinski definition) is 1. The van der Waals surface area contributed by atoms with Gasteiger partial charge in [-0.25, -0.2) is 9.97 Å². The largest absolute Gasteiger partial charge is 0.392 e. The fraction of sp³-hybridized carbons (Fsp3) is 0.190. The SMILES string of the molecule is Cc1ccc(-c2cc3c(=O)n(C[C@@H](C)O)cnc3c(-c3cccnc3)n2)cn1. The molecular formula is C21H19N5O2. The first-order valence-corrected chi connectivity index (χ1v) is 8.94. The molecule has 0 spiro atoms. The van der Waals surface area contributed by atoms with Crippen molar-refractivity contribution in [3.8, 4) is 22.5 Å². The fourth-order valence-corrected chi connectivity index (χ4v) is 3.05. The van der Waals surface area contributed by atoms with Crippen LogP contribution in [0.3, 0.4) is 0 Å². The summed E-state index contributed by atoms with van der Waals surface area (Å²) in [6.45, 7) is 3.72. The number of aromatic nitrogens is 5. The lowest BCUT2D eigenvalue weighted by atomic mass is 10.1. The Bertz CT molecular complexity index is 1190. The summed E-state index contributed by atoms with van der Waals surface area (Å²) in [6, 6.07) is 9.26. The first kappa shape index (κ1) is 17.9. The van der Waals surface area contributed by atoms with Crippen LogP contribution in [0.5, 0.6) is 0 Å². The second kappa shape index (κ2) is 7.28. The predicted octanol–water partition coefficient (Wildman–Crippen LogP) is 2.60. The molecule has 7 heteroatoms. The van der Waals surface area contributed by atoms with Gasteiger partial charge < -0.3 is 5.11 Å². The van der Waals surface area contributed by atoms with Crippen LogP contribution >= 0.6 is 0 Å². The molecule has 0 fully saturated rings. The zero-order valence-corrected chi connectivity index (χ0v) is 15.6. The van der Waals surface area contributed by atoms with Crippen molar-refractivity contribution in [1.82, 2.24) is 24.5 Å². The topological polar surface area (TPSA) is 93.8 Å². The molecule has 4 aromatic heterocycles. The molecule has 0 radical (unpaired) electrons. The third-order valence-corrected chi connectivity index (χ3v) is 4.41. The molecule has 4 rings (SSSR count). The van der Waals surface area contributed by atoms with E-state index in [1.165, 1.54) is 10.9 Å². The zero-order chi connectivity index (χ0) is 19.7. The molecule has 0 aliphatic heterocycles. The Morgan fingerprint density at radius 2 is 2.00 bits per heavy atom. The van der Waals surface area contributed by atoms with E-state index in [4.69, 9.17) is 4.98 Å². The number of rotatable bonds is 4. The van der Waals surface area contributed by atoms with Gasteiger partial charge in [-0.1, -0.05) is 0 Å². The number of aliphatic hydroxyl groups is 1. The molecular weight excluding hydrogens is 354 g/mol. The minimum atomic E-state index is -0.655. The molecule has 0 saturated carbocycles. The van der Waals surface area contributed by atoms with Gasteiger partial charge in [-0.05, 0) is 44.2 Å². The lowest BCUT2D eigenvalue weighted by Crippen LogP contribution is -2.25. The van der Waals surface area contributed by atoms with Gasteiger partial charge in [-0.2, -0.15) is 0 Å². The maximum atomic E-state index is 13.0. The molecule has 0 unspecified atom stereocenters. The van der Waals surface area contributed by atoms with E-state index in [0.717, 1.165) is 16.8 Å². The Balaban J connectivity index is 2.01. The smallest absolute Gasteiger partial charge is 0.261 e. The highest BCUT2D eigenvalue weighted by molar-refractivity contribution is 5.93. The van der Waals surface area contributed by atoms with Crippen LogP contribution in [0, 0.1) is 6.92 Å². The van der Waals surface area contributed by atoms with Crippen molar-refractivity contribution in [3.63, 3.8) is 0 Å². The maximum absolute atomic E-state index is 13.0. The lowest BCUT2D eigenvalue weighted by molar-refractivity contribution is 0.172. The Morgan fingerprint density at radius 3 is 2.68 bits per heavy atom. The van der Waals surface area contributed by atoms with E-state index in [9.17, 15) is 9.90 Å². The third-order valence-electron chi connectivity index (χ3n) is 4.41. The van der Waals surface area contributed by atoms with Crippen molar-refractivity contribution < 1.29 is 5.11 Å². The Morgan fingerprint density at radius 1 is 1.14 bits per heavy atom. The Kier molecular flexibility index (Phi) is 4.67. The predicted molar refractivity (Wildman–Crippen MR) is 107 cm³/mol. The van der Waals surface area contributed by atoms with Crippen molar-refractivity contribution in [2.75, 3.05) is 0 Å². The monoisotopic (exact) mass is 373 g/mol. The molecule has 7 nitrogen and oxygen atoms in total. The van der Waals surface area contributed by atoms with E-state index >= 15 is 0 Å². The molecule has 140 valence electrons. The summed E-state index contributed by atoms with van der Waals surface area (Å²) >= 11 is 0. The summed E-state index contributed by atoms with van der Waals surface area (Å²) in [5.41, 5.74) is 3.98. The van der Waals surface area contributed by atoms with E-state index in [2.05, 4.69) is 15.0 Å². The summed E-state index contributed by atoms with van der Waals surface area (Å²) in [5.74, 6) is 0. The van der Waals surface area contributed by atoms with Crippen molar-refractivity contribution in [3.05, 3.63) is 71.3 Å². The number of aliphatic hydroxyl groups excluding tert-OH is 1. The van der Waals surface area contributed by atoms with Crippen LogP contribution in [0.2, 0.25) is 0 Å². The Hall–Kier alpha value is -3.45. The summed E-state index contributed by atoms with van der Waals surface area (Å²) in [4.78, 5) is 30.8. The van der Waals surface area contributed by atoms with Gasteiger partial charge in [0.15, 0.2) is 0 Å². The average Bonchev–Trinajstić information content (AvgIpc) is 2.70. The van der Waals surface area contributed by atoms with Crippen LogP contribution < -0.4 is 5.56 Å². The first-order chi connectivity index (χ1) is 13.5. The summed E-state index contributed by atoms with van der Waals surface area (Å²) < 4.78 is 1.41. The van der Waals surface area contributed by atoms with Crippen molar-refractivity contribution >= 4 is 10.9 Å². The molecule has 4 heterocycles. The van der Waals surface area contributed by atoms with Crippen LogP contribution in [0.15, 0.2) is 60.0 Å². The van der Waals surface area contributed by atoms with E-state index in [-0.39, 0.29) is 12.1 Å². The molecule has 1 N–H and O–H groups in total. The molecule has 1 atom stereocenters. The standard InChI is InChI=1S/C21H19N5O2/c1-13-5-6-15(10-23-13)18-8-17-20(19(25-18)16-4-3-7-22-9-16)24-12-26(21(17)28)11-14(2)27/h3-10,12,14,27H,11H2,1-2H3/t14-/m1/s1. The van der Waals surface area contributed by atoms with Crippen LogP contribution in [-0.4, -0.2) is 35.7 Å². The van der Waals surface area contributed by atoms with Gasteiger partial charge >= 0.3 is 0 Å². The molecule has 28 heavy (non-hydrogen) atoms. The molecule has 0 aromatic carbocycles. The number of fused-ring (bicyclic) bond motifs is 1. The average molecular weight is 373 g/mol. The molecule has 0 bridgehead atoms. The van der Waals surface area contributed by atoms with E-state index in [1.807, 2.05) is 31.2 Å². The molecule has 0 aliphatic carbocycles. The van der Waals surface area contributed by atoms with Crippen LogP contribution in [-0.2, 0) is 6.54 Å². The number of aryl methyl sites for hydroxylation is 1. The molecule has 0 saturated heterocycles. The third kappa shape index (κ3) is 3.39. The molecule has 0 amide bonds. The second-order valence-electron chi connectivity index (χ2n) is 6.73. The number of nitrogens with zero attached hydrogens (tertiary/aromatic N) is 5.